The summed E-state index contributed by atoms with van der Waals surface area (Å²) in [6.07, 6.45) is -0.262. The number of sulfonamides is 1. The molecule has 1 rings (SSSR count). The maximum atomic E-state index is 13.9. The first-order valence-corrected chi connectivity index (χ1v) is 7.10. The summed E-state index contributed by atoms with van der Waals surface area (Å²) in [4.78, 5) is 11.2. The van der Waals surface area contributed by atoms with Crippen molar-refractivity contribution in [3.63, 3.8) is 0 Å². The molecule has 0 aliphatic rings. The van der Waals surface area contributed by atoms with E-state index >= 15 is 0 Å². The van der Waals surface area contributed by atoms with Crippen molar-refractivity contribution < 1.29 is 31.1 Å². The van der Waals surface area contributed by atoms with Gasteiger partial charge in [0.05, 0.1) is 25.2 Å². The number of carbonyl (C=O) groups excluding carboxylic acids is 1. The van der Waals surface area contributed by atoms with Gasteiger partial charge in [-0.1, -0.05) is 0 Å². The van der Waals surface area contributed by atoms with Crippen LogP contribution in [0.25, 0.3) is 0 Å². The third kappa shape index (κ3) is 3.86. The third-order valence-corrected chi connectivity index (χ3v) is 3.65. The van der Waals surface area contributed by atoms with Gasteiger partial charge in [-0.25, -0.2) is 22.0 Å². The molecule has 0 aromatic heterocycles. The average Bonchev–Trinajstić information content (AvgIpc) is 2.39. The Kier molecular flexibility index (Phi) is 5.37. The van der Waals surface area contributed by atoms with E-state index in [1.165, 1.54) is 0 Å². The number of nitrogens with one attached hydrogen (secondary N) is 1. The predicted octanol–water partition coefficient (Wildman–Crippen LogP) is 1.85. The molecule has 5 nitrogen and oxygen atoms in total. The molecule has 20 heavy (non-hydrogen) atoms. The van der Waals surface area contributed by atoms with E-state index in [0.717, 1.165) is 19.2 Å². The summed E-state index contributed by atoms with van der Waals surface area (Å²) in [6, 6.07) is 1.55. The average molecular weight is 311 g/mol. The number of benzene rings is 1. The highest BCUT2D eigenvalue weighted by Gasteiger charge is 2.23. The van der Waals surface area contributed by atoms with E-state index in [-0.39, 0.29) is 6.42 Å². The number of hydrogen-bond acceptors (Lipinski definition) is 4. The van der Waals surface area contributed by atoms with Crippen LogP contribution in [0.15, 0.2) is 12.1 Å². The van der Waals surface area contributed by atoms with E-state index in [0.29, 0.717) is 0 Å². The fourth-order valence-electron chi connectivity index (χ4n) is 1.38. The van der Waals surface area contributed by atoms with E-state index in [4.69, 9.17) is 0 Å². The molecule has 0 aliphatic carbocycles. The molecule has 0 fully saturated rings. The number of carbonyl (C=O) groups is 1. The highest BCUT2D eigenvalue weighted by Crippen LogP contribution is 2.23. The molecule has 1 N–H and O–H groups in total. The predicted molar refractivity (Wildman–Crippen MR) is 65.7 cm³/mol. The van der Waals surface area contributed by atoms with Gasteiger partial charge in [-0.3, -0.25) is 9.11 Å². The van der Waals surface area contributed by atoms with Crippen molar-refractivity contribution in [2.75, 3.05) is 24.3 Å². The van der Waals surface area contributed by atoms with Gasteiger partial charge in [0.25, 0.3) is 0 Å². The summed E-state index contributed by atoms with van der Waals surface area (Å²) < 4.78 is 68.2. The molecule has 112 valence electrons. The molecule has 1 aromatic rings. The van der Waals surface area contributed by atoms with Crippen molar-refractivity contribution in [1.29, 1.82) is 0 Å². The lowest BCUT2D eigenvalue weighted by atomic mass is 10.2. The van der Waals surface area contributed by atoms with E-state index in [2.05, 4.69) is 4.74 Å². The van der Waals surface area contributed by atoms with Gasteiger partial charge in [0.15, 0.2) is 5.82 Å². The SMILES string of the molecule is COC(=O)c1c(F)ccc(NS(=O)(=O)CCCF)c1F. The number of anilines is 1. The number of hydrogen-bond donors (Lipinski definition) is 1. The number of methoxy groups -OCH3 is 1. The lowest BCUT2D eigenvalue weighted by Gasteiger charge is -2.10. The summed E-state index contributed by atoms with van der Waals surface area (Å²) in [6.45, 7) is -0.847. The Morgan fingerprint density at radius 3 is 2.55 bits per heavy atom. The minimum Gasteiger partial charge on any atom is -0.465 e. The minimum absolute atomic E-state index is 0.262. The van der Waals surface area contributed by atoms with Crippen LogP contribution in [-0.2, 0) is 14.8 Å². The number of esters is 1. The fourth-order valence-corrected chi connectivity index (χ4v) is 2.47. The van der Waals surface area contributed by atoms with Gasteiger partial charge in [0.1, 0.15) is 11.4 Å². The molecule has 1 aromatic carbocycles. The first kappa shape index (κ1) is 16.3. The molecule has 0 spiro atoms. The quantitative estimate of drug-likeness (QED) is 0.814. The van der Waals surface area contributed by atoms with Crippen molar-refractivity contribution in [2.45, 2.75) is 6.42 Å². The van der Waals surface area contributed by atoms with Crippen molar-refractivity contribution >= 4 is 21.7 Å². The number of ether oxygens (including phenoxy) is 1. The molecule has 9 heteroatoms. The topological polar surface area (TPSA) is 72.5 Å². The van der Waals surface area contributed by atoms with E-state index in [1.807, 2.05) is 4.72 Å². The first-order chi connectivity index (χ1) is 9.32. The molecule has 0 atom stereocenters. The van der Waals surface area contributed by atoms with Gasteiger partial charge in [0.2, 0.25) is 10.0 Å². The largest absolute Gasteiger partial charge is 0.465 e. The van der Waals surface area contributed by atoms with E-state index in [1.54, 1.807) is 0 Å². The lowest BCUT2D eigenvalue weighted by molar-refractivity contribution is 0.0590. The second-order valence-electron chi connectivity index (χ2n) is 3.74. The Morgan fingerprint density at radius 1 is 1.35 bits per heavy atom. The summed E-state index contributed by atoms with van der Waals surface area (Å²) in [5.74, 6) is -4.40. The van der Waals surface area contributed by atoms with Crippen molar-refractivity contribution in [2.24, 2.45) is 0 Å². The second kappa shape index (κ2) is 6.60. The molecular formula is C11H12F3NO4S. The van der Waals surface area contributed by atoms with Gasteiger partial charge < -0.3 is 4.74 Å². The smallest absolute Gasteiger partial charge is 0.343 e. The Labute approximate surface area is 113 Å². The summed E-state index contributed by atoms with van der Waals surface area (Å²) >= 11 is 0. The van der Waals surface area contributed by atoms with Crippen LogP contribution in [0.2, 0.25) is 0 Å². The monoisotopic (exact) mass is 311 g/mol. The molecule has 0 aliphatic heterocycles. The molecule has 0 amide bonds. The molecule has 0 saturated carbocycles. The maximum Gasteiger partial charge on any atom is 0.343 e. The standard InChI is InChI=1S/C11H12F3NO4S/c1-19-11(16)9-7(13)3-4-8(10(9)14)15-20(17,18)6-2-5-12/h3-4,15H,2,5-6H2,1H3. The van der Waals surface area contributed by atoms with Crippen molar-refractivity contribution in [3.8, 4) is 0 Å². The van der Waals surface area contributed by atoms with Crippen LogP contribution >= 0.6 is 0 Å². The van der Waals surface area contributed by atoms with Crippen LogP contribution < -0.4 is 4.72 Å². The maximum absolute atomic E-state index is 13.9. The van der Waals surface area contributed by atoms with Crippen LogP contribution in [0.5, 0.6) is 0 Å². The lowest BCUT2D eigenvalue weighted by Crippen LogP contribution is -2.19. The van der Waals surface area contributed by atoms with Crippen LogP contribution in [-0.4, -0.2) is 33.9 Å². The van der Waals surface area contributed by atoms with Gasteiger partial charge in [0, 0.05) is 0 Å². The molecule has 0 radical (unpaired) electrons. The molecule has 0 unspecified atom stereocenters. The zero-order valence-corrected chi connectivity index (χ0v) is 11.3. The molecule has 0 heterocycles. The normalized spacial score (nSPS) is 11.2. The summed E-state index contributed by atoms with van der Waals surface area (Å²) in [5, 5.41) is 0. The summed E-state index contributed by atoms with van der Waals surface area (Å²) in [7, 11) is -3.06. The van der Waals surface area contributed by atoms with Crippen LogP contribution in [0.3, 0.4) is 0 Å². The highest BCUT2D eigenvalue weighted by molar-refractivity contribution is 7.92. The Bertz CT molecular complexity index is 604. The molecule has 0 saturated heterocycles. The van der Waals surface area contributed by atoms with Gasteiger partial charge in [-0.15, -0.1) is 0 Å². The number of halogens is 3. The number of rotatable bonds is 6. The van der Waals surface area contributed by atoms with Crippen molar-refractivity contribution in [1.82, 2.24) is 0 Å². The van der Waals surface area contributed by atoms with Gasteiger partial charge in [-0.05, 0) is 18.6 Å². The van der Waals surface area contributed by atoms with Crippen LogP contribution in [0.1, 0.15) is 16.8 Å². The van der Waals surface area contributed by atoms with Crippen LogP contribution in [0, 0.1) is 11.6 Å². The third-order valence-electron chi connectivity index (χ3n) is 2.29. The molecular weight excluding hydrogens is 299 g/mol. The Balaban J connectivity index is 3.12. The van der Waals surface area contributed by atoms with Gasteiger partial charge >= 0.3 is 5.97 Å². The zero-order valence-electron chi connectivity index (χ0n) is 10.5. The Hall–Kier alpha value is -1.77. The Morgan fingerprint density at radius 2 is 2.00 bits per heavy atom. The van der Waals surface area contributed by atoms with Gasteiger partial charge in [-0.2, -0.15) is 0 Å². The number of alkyl halides is 1. The summed E-state index contributed by atoms with van der Waals surface area (Å²) in [5.41, 5.74) is -1.61. The fraction of sp³-hybridized carbons (Fsp3) is 0.364. The molecule has 0 bridgehead atoms. The highest BCUT2D eigenvalue weighted by atomic mass is 32.2. The minimum atomic E-state index is -3.99. The van der Waals surface area contributed by atoms with E-state index in [9.17, 15) is 26.4 Å². The van der Waals surface area contributed by atoms with Crippen molar-refractivity contribution in [3.05, 3.63) is 29.3 Å². The first-order valence-electron chi connectivity index (χ1n) is 5.45. The second-order valence-corrected chi connectivity index (χ2v) is 5.58. The van der Waals surface area contributed by atoms with E-state index < -0.39 is 51.3 Å². The van der Waals surface area contributed by atoms with Crippen LogP contribution in [0.4, 0.5) is 18.9 Å². The zero-order chi connectivity index (χ0) is 15.3.